The summed E-state index contributed by atoms with van der Waals surface area (Å²) in [7, 11) is 0. The van der Waals surface area contributed by atoms with Crippen molar-refractivity contribution in [2.75, 3.05) is 52.0 Å². The third kappa shape index (κ3) is 14.8. The lowest BCUT2D eigenvalue weighted by Crippen LogP contribution is -2.70. The van der Waals surface area contributed by atoms with Gasteiger partial charge in [-0.3, -0.25) is 4.90 Å². The Labute approximate surface area is 394 Å². The van der Waals surface area contributed by atoms with Crippen molar-refractivity contribution >= 4 is 29.5 Å². The molecule has 0 bridgehead atoms. The van der Waals surface area contributed by atoms with Crippen molar-refractivity contribution in [3.05, 3.63) is 48.1 Å². The Bertz CT molecular complexity index is 1660. The second-order valence-electron chi connectivity index (χ2n) is 18.2. The number of hydrogen-bond donors (Lipinski definition) is 3. The minimum absolute atomic E-state index is 0.00851. The fourth-order valence-electron chi connectivity index (χ4n) is 10.4. The van der Waals surface area contributed by atoms with Crippen molar-refractivity contribution < 1.29 is 48.3 Å². The van der Waals surface area contributed by atoms with Crippen LogP contribution in [0.15, 0.2) is 47.7 Å². The predicted molar refractivity (Wildman–Crippen MR) is 255 cm³/mol. The number of carbonyl (C=O) groups excluding carboxylic acids is 2. The maximum atomic E-state index is 14.2. The van der Waals surface area contributed by atoms with E-state index in [0.717, 1.165) is 68.9 Å². The monoisotopic (exact) mass is 930 g/mol. The minimum atomic E-state index is -1.44. The van der Waals surface area contributed by atoms with Gasteiger partial charge in [0.05, 0.1) is 30.7 Å². The molecule has 2 aliphatic heterocycles. The molecular weight excluding hydrogens is 850 g/mol. The lowest BCUT2D eigenvalue weighted by molar-refractivity contribution is -0.255. The van der Waals surface area contributed by atoms with Gasteiger partial charge in [-0.15, -0.1) is 18.2 Å². The van der Waals surface area contributed by atoms with E-state index in [9.17, 15) is 19.8 Å². The number of oxime groups is 1. The first-order valence-electron chi connectivity index (χ1n) is 25.2. The van der Waals surface area contributed by atoms with Crippen molar-refractivity contribution in [1.29, 1.82) is 0 Å². The van der Waals surface area contributed by atoms with E-state index < -0.39 is 36.2 Å². The first-order valence-corrected chi connectivity index (χ1v) is 25.7. The number of halogens is 1. The topological polar surface area (TPSA) is 158 Å². The maximum Gasteiger partial charge on any atom is 0.412 e. The quantitative estimate of drug-likeness (QED) is 0.0294. The molecule has 2 amide bonds. The van der Waals surface area contributed by atoms with E-state index in [1.54, 1.807) is 17.0 Å². The van der Waals surface area contributed by atoms with Gasteiger partial charge in [0.15, 0.2) is 0 Å². The van der Waals surface area contributed by atoms with Crippen LogP contribution < -0.4 is 14.8 Å². The summed E-state index contributed by atoms with van der Waals surface area (Å²) < 4.78 is 32.0. The number of hydrogen-bond acceptors (Lipinski definition) is 11. The molecule has 7 atom stereocenters. The smallest absolute Gasteiger partial charge is 0.412 e. The highest BCUT2D eigenvalue weighted by atomic mass is 35.5. The third-order valence-electron chi connectivity index (χ3n) is 13.5. The van der Waals surface area contributed by atoms with Gasteiger partial charge >= 0.3 is 12.2 Å². The van der Waals surface area contributed by atoms with Gasteiger partial charge in [0.2, 0.25) is 12.1 Å². The molecule has 1 unspecified atom stereocenters. The summed E-state index contributed by atoms with van der Waals surface area (Å²) >= 11 is 6.04. The Kier molecular flexibility index (Phi) is 23.3. The molecule has 2 aliphatic carbocycles. The zero-order valence-corrected chi connectivity index (χ0v) is 40.3. The van der Waals surface area contributed by atoms with Crippen molar-refractivity contribution in [3.8, 4) is 11.5 Å². The number of rotatable bonds is 30. The molecule has 0 radical (unpaired) electrons. The summed E-state index contributed by atoms with van der Waals surface area (Å²) in [5.74, 6) is -1.07. The fourth-order valence-corrected chi connectivity index (χ4v) is 10.5. The molecule has 0 aromatic heterocycles. The van der Waals surface area contributed by atoms with Gasteiger partial charge in [0.1, 0.15) is 24.1 Å². The summed E-state index contributed by atoms with van der Waals surface area (Å²) in [6.45, 7) is 10.1. The Morgan fingerprint density at radius 2 is 1.71 bits per heavy atom. The second kappa shape index (κ2) is 28.7. The number of ether oxygens (including phenoxy) is 5. The number of aliphatic hydroxyl groups excluding tert-OH is 2. The highest BCUT2D eigenvalue weighted by Crippen LogP contribution is 2.62. The number of fused-ring (bicyclic) bond motifs is 2. The molecule has 65 heavy (non-hydrogen) atoms. The average molecular weight is 931 g/mol. The maximum absolute atomic E-state index is 14.2. The van der Waals surface area contributed by atoms with Gasteiger partial charge in [-0.25, -0.2) is 9.59 Å². The van der Waals surface area contributed by atoms with Crippen LogP contribution in [0.1, 0.15) is 160 Å². The van der Waals surface area contributed by atoms with Crippen LogP contribution in [0.25, 0.3) is 0 Å². The molecule has 13 nitrogen and oxygen atoms in total. The van der Waals surface area contributed by atoms with Gasteiger partial charge in [-0.2, -0.15) is 0 Å². The molecule has 14 heteroatoms. The predicted octanol–water partition coefficient (Wildman–Crippen LogP) is 10.9. The normalized spacial score (nSPS) is 25.1. The standard InChI is InChI=1S/C51H80ClN3O10/c1-4-7-8-9-10-11-12-13-14-18-28-53-49(58)63-39-25-26-44-42(36-39)47-40(23-16-20-31-57)38(22-15-19-30-56)35-41-43(54-65-46-24-17-21-33-60-46)37-45(51(64-44,48(41)47)62-32-6-3)55(29-5-2)50(59)61-34-27-52/h6,25-26,35-36,38,40,45-48,56-57H,3-5,7-24,27-34,37H2,1-2H3,(H,53,58)/t38-,40+,45-,46?,47+,48+,51+/m0/s1. The molecule has 0 spiro atoms. The molecule has 1 saturated heterocycles. The first-order chi connectivity index (χ1) is 31.8. The van der Waals surface area contributed by atoms with Crippen molar-refractivity contribution in [2.24, 2.45) is 22.9 Å². The van der Waals surface area contributed by atoms with Crippen LogP contribution in [0.3, 0.4) is 0 Å². The molecule has 2 heterocycles. The van der Waals surface area contributed by atoms with Crippen molar-refractivity contribution in [1.82, 2.24) is 10.2 Å². The molecule has 1 aromatic rings. The summed E-state index contributed by atoms with van der Waals surface area (Å²) in [5, 5.41) is 27.7. The van der Waals surface area contributed by atoms with E-state index in [0.29, 0.717) is 62.6 Å². The number of aliphatic hydroxyl groups is 2. The van der Waals surface area contributed by atoms with E-state index in [2.05, 4.69) is 24.9 Å². The van der Waals surface area contributed by atoms with Gasteiger partial charge in [0.25, 0.3) is 0 Å². The van der Waals surface area contributed by atoms with Crippen LogP contribution in [-0.2, 0) is 19.0 Å². The zero-order chi connectivity index (χ0) is 46.3. The van der Waals surface area contributed by atoms with E-state index in [4.69, 9.17) is 45.3 Å². The van der Waals surface area contributed by atoms with E-state index in [-0.39, 0.29) is 56.5 Å². The number of benzene rings is 1. The number of alkyl halides is 1. The van der Waals surface area contributed by atoms with E-state index in [1.165, 1.54) is 44.9 Å². The summed E-state index contributed by atoms with van der Waals surface area (Å²) in [4.78, 5) is 35.4. The number of amides is 2. The summed E-state index contributed by atoms with van der Waals surface area (Å²) in [5.41, 5.74) is 2.45. The van der Waals surface area contributed by atoms with Crippen LogP contribution >= 0.6 is 11.6 Å². The van der Waals surface area contributed by atoms with E-state index in [1.807, 2.05) is 19.1 Å². The van der Waals surface area contributed by atoms with Gasteiger partial charge in [-0.1, -0.05) is 102 Å². The lowest BCUT2D eigenvalue weighted by atomic mass is 9.55. The lowest BCUT2D eigenvalue weighted by Gasteiger charge is -2.59. The van der Waals surface area contributed by atoms with Gasteiger partial charge < -0.3 is 44.1 Å². The van der Waals surface area contributed by atoms with Crippen LogP contribution in [0.5, 0.6) is 11.5 Å². The number of allylic oxidation sites excluding steroid dienone is 1. The first kappa shape index (κ1) is 52.6. The molecule has 4 aliphatic rings. The molecule has 5 rings (SSSR count). The minimum Gasteiger partial charge on any atom is -0.459 e. The molecule has 1 aromatic carbocycles. The largest absolute Gasteiger partial charge is 0.459 e. The third-order valence-corrected chi connectivity index (χ3v) is 13.6. The molecule has 2 fully saturated rings. The fraction of sp³-hybridized carbons (Fsp3) is 0.745. The Morgan fingerprint density at radius 1 is 0.969 bits per heavy atom. The van der Waals surface area contributed by atoms with Gasteiger partial charge in [-0.05, 0) is 87.0 Å². The number of unbranched alkanes of at least 4 members (excludes halogenated alkanes) is 11. The summed E-state index contributed by atoms with van der Waals surface area (Å²) in [6.07, 6.45) is 22.6. The zero-order valence-electron chi connectivity index (χ0n) is 39.5. The van der Waals surface area contributed by atoms with Crippen LogP contribution in [0.4, 0.5) is 9.59 Å². The van der Waals surface area contributed by atoms with Crippen LogP contribution in [-0.4, -0.2) is 103 Å². The molecule has 3 N–H and O–H groups in total. The number of nitrogens with one attached hydrogen (secondary N) is 1. The molecular formula is C51H80ClN3O10. The van der Waals surface area contributed by atoms with Crippen LogP contribution in [0.2, 0.25) is 0 Å². The highest BCUT2D eigenvalue weighted by molar-refractivity contribution is 6.18. The summed E-state index contributed by atoms with van der Waals surface area (Å²) in [6, 6.07) is 4.80. The Hall–Kier alpha value is -3.36. The second-order valence-corrected chi connectivity index (χ2v) is 18.5. The SMILES string of the molecule is C=CCO[C@@]12Oc3ccc(OC(=O)NCCCCCCCCCCCC)cc3[C@H]3[C@H](CCCCO)[C@@H](CCCCO)C=C(C(=NOC4CCCCO4)C[C@@H]1N(CCC)C(=O)OCCCl)[C@H]32. The Morgan fingerprint density at radius 3 is 2.38 bits per heavy atom. The Balaban J connectivity index is 1.54. The van der Waals surface area contributed by atoms with Crippen molar-refractivity contribution in [3.63, 3.8) is 0 Å². The van der Waals surface area contributed by atoms with Crippen molar-refractivity contribution in [2.45, 2.75) is 173 Å². The van der Waals surface area contributed by atoms with E-state index >= 15 is 0 Å². The highest BCUT2D eigenvalue weighted by Gasteiger charge is 2.65. The van der Waals surface area contributed by atoms with Gasteiger partial charge in [0, 0.05) is 50.6 Å². The molecule has 366 valence electrons. The average Bonchev–Trinajstić information content (AvgIpc) is 3.32. The number of carbonyl (C=O) groups is 2. The molecule has 1 saturated carbocycles. The van der Waals surface area contributed by atoms with Crippen LogP contribution in [0, 0.1) is 17.8 Å². The number of nitrogens with zero attached hydrogens (tertiary/aromatic N) is 2.